The molecule has 2 aliphatic rings. The van der Waals surface area contributed by atoms with Gasteiger partial charge in [0.1, 0.15) is 5.82 Å². The summed E-state index contributed by atoms with van der Waals surface area (Å²) < 4.78 is 0. The molecular weight excluding hydrogens is 220 g/mol. The van der Waals surface area contributed by atoms with Crippen LogP contribution in [0.25, 0.3) is 0 Å². The van der Waals surface area contributed by atoms with Crippen LogP contribution in [-0.4, -0.2) is 39.8 Å². The molecule has 0 aromatic carbocycles. The monoisotopic (exact) mass is 238 g/mol. The number of nitrogens with one attached hydrogen (secondary N) is 2. The zero-order chi connectivity index (χ0) is 10.8. The molecule has 2 fully saturated rings. The Bertz CT molecular complexity index is 340. The fourth-order valence-corrected chi connectivity index (χ4v) is 3.69. The molecule has 0 bridgehead atoms. The van der Waals surface area contributed by atoms with E-state index in [0.717, 1.165) is 24.7 Å². The topological polar surface area (TPSA) is 53.6 Å². The van der Waals surface area contributed by atoms with Crippen LogP contribution in [0.1, 0.15) is 42.7 Å². The highest BCUT2D eigenvalue weighted by molar-refractivity contribution is 7.99. The van der Waals surface area contributed by atoms with E-state index in [4.69, 9.17) is 4.98 Å². The standard InChI is InChI=1S/C11H18N4S/c1-2-8(6-12-4-1)10-13-11(15-14-10)9-3-5-16-7-9/h8-9,12H,1-7H2,(H,13,14,15). The zero-order valence-corrected chi connectivity index (χ0v) is 10.2. The molecule has 0 aliphatic carbocycles. The first kappa shape index (κ1) is 10.6. The molecule has 0 spiro atoms. The average Bonchev–Trinajstić information content (AvgIpc) is 3.01. The molecular formula is C11H18N4S. The number of thioether (sulfide) groups is 1. The predicted octanol–water partition coefficient (Wildman–Crippen LogP) is 1.49. The van der Waals surface area contributed by atoms with E-state index in [9.17, 15) is 0 Å². The molecule has 2 aliphatic heterocycles. The van der Waals surface area contributed by atoms with Crippen LogP contribution in [0.4, 0.5) is 0 Å². The lowest BCUT2D eigenvalue weighted by molar-refractivity contribution is 0.447. The lowest BCUT2D eigenvalue weighted by Gasteiger charge is -2.20. The largest absolute Gasteiger partial charge is 0.316 e. The van der Waals surface area contributed by atoms with Crippen LogP contribution in [-0.2, 0) is 0 Å². The SMILES string of the molecule is C1CNCC(c2nc(C3CCSC3)n[nH]2)C1. The summed E-state index contributed by atoms with van der Waals surface area (Å²) in [4.78, 5) is 4.70. The van der Waals surface area contributed by atoms with E-state index >= 15 is 0 Å². The van der Waals surface area contributed by atoms with E-state index in [-0.39, 0.29) is 0 Å². The molecule has 88 valence electrons. The lowest BCUT2D eigenvalue weighted by atomic mass is 9.99. The summed E-state index contributed by atoms with van der Waals surface area (Å²) in [5.74, 6) is 5.74. The first-order chi connectivity index (χ1) is 7.93. The summed E-state index contributed by atoms with van der Waals surface area (Å²) in [6, 6.07) is 0. The maximum absolute atomic E-state index is 4.70. The quantitative estimate of drug-likeness (QED) is 0.819. The van der Waals surface area contributed by atoms with E-state index in [1.54, 1.807) is 0 Å². The van der Waals surface area contributed by atoms with Gasteiger partial charge in [0.25, 0.3) is 0 Å². The molecule has 3 heterocycles. The molecule has 2 N–H and O–H groups in total. The van der Waals surface area contributed by atoms with Crippen LogP contribution >= 0.6 is 11.8 Å². The molecule has 0 amide bonds. The second kappa shape index (κ2) is 4.75. The van der Waals surface area contributed by atoms with Gasteiger partial charge in [0.05, 0.1) is 0 Å². The number of hydrogen-bond acceptors (Lipinski definition) is 4. The molecule has 0 saturated carbocycles. The van der Waals surface area contributed by atoms with Gasteiger partial charge in [0, 0.05) is 24.1 Å². The molecule has 0 radical (unpaired) electrons. The van der Waals surface area contributed by atoms with Gasteiger partial charge in [-0.1, -0.05) is 0 Å². The number of nitrogens with zero attached hydrogens (tertiary/aromatic N) is 2. The van der Waals surface area contributed by atoms with Gasteiger partial charge in [0.2, 0.25) is 0 Å². The Labute approximate surface area is 100.0 Å². The fraction of sp³-hybridized carbons (Fsp3) is 0.818. The van der Waals surface area contributed by atoms with Crippen molar-refractivity contribution >= 4 is 11.8 Å². The second-order valence-electron chi connectivity index (χ2n) is 4.68. The van der Waals surface area contributed by atoms with Gasteiger partial charge < -0.3 is 5.32 Å². The van der Waals surface area contributed by atoms with Crippen molar-refractivity contribution in [3.05, 3.63) is 11.6 Å². The van der Waals surface area contributed by atoms with Crippen molar-refractivity contribution in [2.24, 2.45) is 0 Å². The number of aromatic nitrogens is 3. The summed E-state index contributed by atoms with van der Waals surface area (Å²) in [6.45, 7) is 2.20. The highest BCUT2D eigenvalue weighted by atomic mass is 32.2. The molecule has 2 unspecified atom stereocenters. The maximum Gasteiger partial charge on any atom is 0.154 e. The van der Waals surface area contributed by atoms with E-state index in [1.165, 1.54) is 30.8 Å². The third-order valence-corrected chi connectivity index (χ3v) is 4.66. The van der Waals surface area contributed by atoms with Crippen molar-refractivity contribution in [2.75, 3.05) is 24.6 Å². The Morgan fingerprint density at radius 2 is 2.25 bits per heavy atom. The highest BCUT2D eigenvalue weighted by Crippen LogP contribution is 2.31. The summed E-state index contributed by atoms with van der Waals surface area (Å²) in [5, 5.41) is 11.0. The van der Waals surface area contributed by atoms with Gasteiger partial charge in [-0.15, -0.1) is 0 Å². The third-order valence-electron chi connectivity index (χ3n) is 3.50. The third kappa shape index (κ3) is 2.11. The van der Waals surface area contributed by atoms with Crippen LogP contribution < -0.4 is 5.32 Å². The van der Waals surface area contributed by atoms with Crippen LogP contribution in [0.2, 0.25) is 0 Å². The van der Waals surface area contributed by atoms with E-state index in [1.807, 2.05) is 11.8 Å². The Kier molecular flexibility index (Phi) is 3.15. The van der Waals surface area contributed by atoms with Crippen molar-refractivity contribution in [2.45, 2.75) is 31.1 Å². The Hall–Kier alpha value is -0.550. The van der Waals surface area contributed by atoms with Crippen molar-refractivity contribution in [3.8, 4) is 0 Å². The number of hydrogen-bond donors (Lipinski definition) is 2. The van der Waals surface area contributed by atoms with Gasteiger partial charge in [-0.05, 0) is 31.6 Å². The molecule has 4 nitrogen and oxygen atoms in total. The highest BCUT2D eigenvalue weighted by Gasteiger charge is 2.24. The smallest absolute Gasteiger partial charge is 0.154 e. The Balaban J connectivity index is 1.71. The van der Waals surface area contributed by atoms with Gasteiger partial charge in [-0.3, -0.25) is 5.10 Å². The summed E-state index contributed by atoms with van der Waals surface area (Å²) in [5.41, 5.74) is 0. The molecule has 1 aromatic rings. The van der Waals surface area contributed by atoms with Crippen molar-refractivity contribution in [1.29, 1.82) is 0 Å². The Morgan fingerprint density at radius 3 is 3.00 bits per heavy atom. The second-order valence-corrected chi connectivity index (χ2v) is 5.83. The number of rotatable bonds is 2. The van der Waals surface area contributed by atoms with Crippen LogP contribution in [0, 0.1) is 0 Å². The van der Waals surface area contributed by atoms with E-state index < -0.39 is 0 Å². The molecule has 2 saturated heterocycles. The van der Waals surface area contributed by atoms with E-state index in [2.05, 4.69) is 15.5 Å². The maximum atomic E-state index is 4.70. The fourth-order valence-electron chi connectivity index (χ4n) is 2.48. The number of piperidine rings is 1. The molecule has 1 aromatic heterocycles. The van der Waals surface area contributed by atoms with Gasteiger partial charge in [-0.2, -0.15) is 16.9 Å². The van der Waals surface area contributed by atoms with Gasteiger partial charge in [0.15, 0.2) is 5.82 Å². The zero-order valence-electron chi connectivity index (χ0n) is 9.41. The summed E-state index contributed by atoms with van der Waals surface area (Å²) >= 11 is 2.02. The Morgan fingerprint density at radius 1 is 1.25 bits per heavy atom. The summed E-state index contributed by atoms with van der Waals surface area (Å²) in [6.07, 6.45) is 3.73. The normalized spacial score (nSPS) is 30.8. The first-order valence-electron chi connectivity index (χ1n) is 6.14. The van der Waals surface area contributed by atoms with Crippen LogP contribution in [0.5, 0.6) is 0 Å². The lowest BCUT2D eigenvalue weighted by Crippen LogP contribution is -2.28. The molecule has 3 rings (SSSR count). The van der Waals surface area contributed by atoms with Gasteiger partial charge in [-0.25, -0.2) is 4.98 Å². The van der Waals surface area contributed by atoms with Crippen molar-refractivity contribution in [3.63, 3.8) is 0 Å². The van der Waals surface area contributed by atoms with Crippen molar-refractivity contribution < 1.29 is 0 Å². The van der Waals surface area contributed by atoms with Gasteiger partial charge >= 0.3 is 0 Å². The minimum atomic E-state index is 0.545. The molecule has 2 atom stereocenters. The molecule has 16 heavy (non-hydrogen) atoms. The minimum absolute atomic E-state index is 0.545. The average molecular weight is 238 g/mol. The molecule has 5 heteroatoms. The number of aromatic amines is 1. The summed E-state index contributed by atoms with van der Waals surface area (Å²) in [7, 11) is 0. The van der Waals surface area contributed by atoms with Crippen molar-refractivity contribution in [1.82, 2.24) is 20.5 Å². The van der Waals surface area contributed by atoms with Crippen LogP contribution in [0.3, 0.4) is 0 Å². The first-order valence-corrected chi connectivity index (χ1v) is 7.29. The predicted molar refractivity (Wildman–Crippen MR) is 65.9 cm³/mol. The van der Waals surface area contributed by atoms with Crippen LogP contribution in [0.15, 0.2) is 0 Å². The number of H-pyrrole nitrogens is 1. The minimum Gasteiger partial charge on any atom is -0.316 e. The van der Waals surface area contributed by atoms with E-state index in [0.29, 0.717) is 11.8 Å².